The molecule has 0 aliphatic rings. The summed E-state index contributed by atoms with van der Waals surface area (Å²) in [7, 11) is -1.74. The highest BCUT2D eigenvalue weighted by Crippen LogP contribution is 2.09. The molecule has 0 radical (unpaired) electrons. The predicted molar refractivity (Wildman–Crippen MR) is 80.4 cm³/mol. The van der Waals surface area contributed by atoms with Crippen molar-refractivity contribution in [2.24, 2.45) is 0 Å². The Bertz CT molecular complexity index is 369. The van der Waals surface area contributed by atoms with Crippen LogP contribution in [0.3, 0.4) is 0 Å². The van der Waals surface area contributed by atoms with E-state index < -0.39 is 9.28 Å². The summed E-state index contributed by atoms with van der Waals surface area (Å²) in [5, 5.41) is 1.21. The molecule has 3 heteroatoms. The second kappa shape index (κ2) is 8.24. The molecule has 0 atom stereocenters. The van der Waals surface area contributed by atoms with Gasteiger partial charge in [-0.3, -0.25) is 0 Å². The Kier molecular flexibility index (Phi) is 6.94. The van der Waals surface area contributed by atoms with Gasteiger partial charge in [-0.15, -0.1) is 0 Å². The van der Waals surface area contributed by atoms with Crippen LogP contribution in [-0.2, 0) is 8.85 Å². The van der Waals surface area contributed by atoms with Crippen LogP contribution in [0, 0.1) is 0 Å². The summed E-state index contributed by atoms with van der Waals surface area (Å²) in [5.74, 6) is 0. The van der Waals surface area contributed by atoms with E-state index in [0.29, 0.717) is 0 Å². The molecular weight excluding hydrogens is 240 g/mol. The maximum Gasteiger partial charge on any atom is 0.355 e. The summed E-state index contributed by atoms with van der Waals surface area (Å²) < 4.78 is 11.8. The Balaban J connectivity index is 2.82. The van der Waals surface area contributed by atoms with Crippen LogP contribution < -0.4 is 5.19 Å². The Morgan fingerprint density at radius 1 is 1.17 bits per heavy atom. The third-order valence-electron chi connectivity index (χ3n) is 2.60. The fourth-order valence-corrected chi connectivity index (χ4v) is 3.61. The summed E-state index contributed by atoms with van der Waals surface area (Å²) in [5.41, 5.74) is 2.25. The van der Waals surface area contributed by atoms with Crippen molar-refractivity contribution in [1.29, 1.82) is 0 Å². The minimum Gasteiger partial charge on any atom is -0.393 e. The number of allylic oxidation sites excluding steroid dienone is 1. The van der Waals surface area contributed by atoms with E-state index in [1.165, 1.54) is 10.8 Å². The molecule has 0 aliphatic heterocycles. The van der Waals surface area contributed by atoms with Crippen molar-refractivity contribution in [3.8, 4) is 0 Å². The summed E-state index contributed by atoms with van der Waals surface area (Å²) in [4.78, 5) is 0. The summed E-state index contributed by atoms with van der Waals surface area (Å²) in [6, 6.07) is 8.40. The molecule has 0 fully saturated rings. The zero-order valence-electron chi connectivity index (χ0n) is 11.7. The lowest BCUT2D eigenvalue weighted by Gasteiger charge is -2.17. The largest absolute Gasteiger partial charge is 0.393 e. The average molecular weight is 264 g/mol. The lowest BCUT2D eigenvalue weighted by molar-refractivity contribution is 0.207. The summed E-state index contributed by atoms with van der Waals surface area (Å²) in [6.07, 6.45) is 2.05. The molecule has 0 spiro atoms. The maximum atomic E-state index is 5.90. The fourth-order valence-electron chi connectivity index (χ4n) is 1.64. The van der Waals surface area contributed by atoms with Gasteiger partial charge < -0.3 is 8.85 Å². The lowest BCUT2D eigenvalue weighted by atomic mass is 10.1. The standard InChI is InChI=1S/C15H24O2Si/c1-5-10-16-18(17-11-6-2)15-9-7-8-14(12-15)13(3)4/h7-9,12,18H,3,5-6,10-11H2,1-2,4H3. The van der Waals surface area contributed by atoms with Crippen LogP contribution in [0.2, 0.25) is 0 Å². The van der Waals surface area contributed by atoms with E-state index >= 15 is 0 Å². The van der Waals surface area contributed by atoms with E-state index in [4.69, 9.17) is 8.85 Å². The van der Waals surface area contributed by atoms with E-state index in [2.05, 4.69) is 44.7 Å². The van der Waals surface area contributed by atoms with Crippen molar-refractivity contribution >= 4 is 20.0 Å². The Morgan fingerprint density at radius 3 is 2.28 bits per heavy atom. The highest BCUT2D eigenvalue weighted by Gasteiger charge is 2.16. The van der Waals surface area contributed by atoms with Crippen LogP contribution >= 0.6 is 0 Å². The van der Waals surface area contributed by atoms with Gasteiger partial charge in [-0.05, 0) is 30.5 Å². The van der Waals surface area contributed by atoms with Gasteiger partial charge in [0.05, 0.1) is 0 Å². The van der Waals surface area contributed by atoms with Crippen LogP contribution in [0.4, 0.5) is 0 Å². The maximum absolute atomic E-state index is 5.90. The Hall–Kier alpha value is -0.903. The van der Waals surface area contributed by atoms with Gasteiger partial charge >= 0.3 is 9.28 Å². The topological polar surface area (TPSA) is 18.5 Å². The molecule has 100 valence electrons. The molecular formula is C15H24O2Si. The minimum absolute atomic E-state index is 0.776. The molecule has 2 nitrogen and oxygen atoms in total. The highest BCUT2D eigenvalue weighted by atomic mass is 28.3. The van der Waals surface area contributed by atoms with E-state index in [-0.39, 0.29) is 0 Å². The molecule has 18 heavy (non-hydrogen) atoms. The molecule has 0 heterocycles. The number of rotatable bonds is 8. The first-order valence-electron chi connectivity index (χ1n) is 6.68. The van der Waals surface area contributed by atoms with Crippen molar-refractivity contribution in [3.05, 3.63) is 36.4 Å². The van der Waals surface area contributed by atoms with Gasteiger partial charge in [0.1, 0.15) is 0 Å². The molecule has 0 saturated carbocycles. The molecule has 1 aromatic carbocycles. The van der Waals surface area contributed by atoms with Crippen LogP contribution in [0.5, 0.6) is 0 Å². The van der Waals surface area contributed by atoms with Gasteiger partial charge in [-0.2, -0.15) is 0 Å². The second-order valence-corrected chi connectivity index (χ2v) is 6.48. The zero-order valence-corrected chi connectivity index (χ0v) is 12.9. The third kappa shape index (κ3) is 4.76. The first-order valence-corrected chi connectivity index (χ1v) is 8.20. The van der Waals surface area contributed by atoms with Crippen LogP contribution in [0.25, 0.3) is 5.57 Å². The quantitative estimate of drug-likeness (QED) is 0.672. The zero-order chi connectivity index (χ0) is 13.4. The molecule has 1 rings (SSSR count). The number of benzene rings is 1. The molecule has 0 unspecified atom stereocenters. The summed E-state index contributed by atoms with van der Waals surface area (Å²) in [6.45, 7) is 11.8. The monoisotopic (exact) mass is 264 g/mol. The number of hydrogen-bond donors (Lipinski definition) is 0. The first-order chi connectivity index (χ1) is 8.69. The Labute approximate surface area is 112 Å². The van der Waals surface area contributed by atoms with E-state index in [0.717, 1.165) is 31.6 Å². The van der Waals surface area contributed by atoms with Crippen molar-refractivity contribution in [2.45, 2.75) is 33.6 Å². The van der Waals surface area contributed by atoms with Gasteiger partial charge in [-0.25, -0.2) is 0 Å². The van der Waals surface area contributed by atoms with Crippen molar-refractivity contribution in [2.75, 3.05) is 13.2 Å². The molecule has 0 bridgehead atoms. The van der Waals surface area contributed by atoms with Gasteiger partial charge in [-0.1, -0.05) is 50.3 Å². The van der Waals surface area contributed by atoms with Crippen molar-refractivity contribution < 1.29 is 8.85 Å². The molecule has 0 amide bonds. The lowest BCUT2D eigenvalue weighted by Crippen LogP contribution is -2.37. The molecule has 0 N–H and O–H groups in total. The fraction of sp³-hybridized carbons (Fsp3) is 0.467. The van der Waals surface area contributed by atoms with Crippen molar-refractivity contribution in [1.82, 2.24) is 0 Å². The van der Waals surface area contributed by atoms with E-state index in [9.17, 15) is 0 Å². The predicted octanol–water partition coefficient (Wildman–Crippen LogP) is 3.00. The van der Waals surface area contributed by atoms with E-state index in [1.54, 1.807) is 0 Å². The Morgan fingerprint density at radius 2 is 1.78 bits per heavy atom. The van der Waals surface area contributed by atoms with Crippen LogP contribution in [-0.4, -0.2) is 22.5 Å². The highest BCUT2D eigenvalue weighted by molar-refractivity contribution is 6.61. The normalized spacial score (nSPS) is 10.9. The molecule has 0 aliphatic carbocycles. The van der Waals surface area contributed by atoms with E-state index in [1.807, 2.05) is 6.92 Å². The second-order valence-electron chi connectivity index (χ2n) is 4.48. The van der Waals surface area contributed by atoms with Gasteiger partial charge in [0.15, 0.2) is 0 Å². The van der Waals surface area contributed by atoms with Gasteiger partial charge in [0.25, 0.3) is 0 Å². The van der Waals surface area contributed by atoms with Crippen LogP contribution in [0.1, 0.15) is 39.2 Å². The first kappa shape index (κ1) is 15.2. The average Bonchev–Trinajstić information content (AvgIpc) is 2.39. The smallest absolute Gasteiger partial charge is 0.355 e. The van der Waals surface area contributed by atoms with Gasteiger partial charge in [0, 0.05) is 13.2 Å². The van der Waals surface area contributed by atoms with Gasteiger partial charge in [0.2, 0.25) is 0 Å². The van der Waals surface area contributed by atoms with Crippen LogP contribution in [0.15, 0.2) is 30.8 Å². The molecule has 0 saturated heterocycles. The summed E-state index contributed by atoms with van der Waals surface area (Å²) >= 11 is 0. The third-order valence-corrected chi connectivity index (χ3v) is 4.58. The number of hydrogen-bond acceptors (Lipinski definition) is 2. The SMILES string of the molecule is C=C(C)c1cccc([SiH](OCCC)OCCC)c1. The molecule has 1 aromatic rings. The van der Waals surface area contributed by atoms with Crippen molar-refractivity contribution in [3.63, 3.8) is 0 Å². The molecule has 0 aromatic heterocycles. The minimum atomic E-state index is -1.74.